The Balaban J connectivity index is 1.82. The van der Waals surface area contributed by atoms with Crippen LogP contribution in [0, 0.1) is 13.8 Å². The van der Waals surface area contributed by atoms with E-state index in [1.54, 1.807) is 38.1 Å². The van der Waals surface area contributed by atoms with Gasteiger partial charge in [-0.25, -0.2) is 13.4 Å². The van der Waals surface area contributed by atoms with E-state index in [2.05, 4.69) is 15.1 Å². The minimum atomic E-state index is -3.81. The summed E-state index contributed by atoms with van der Waals surface area (Å²) < 4.78 is 32.8. The van der Waals surface area contributed by atoms with Crippen molar-refractivity contribution < 1.29 is 12.9 Å². The summed E-state index contributed by atoms with van der Waals surface area (Å²) >= 11 is 0. The Labute approximate surface area is 149 Å². The number of hydrogen-bond donors (Lipinski definition) is 1. The molecule has 0 aliphatic carbocycles. The van der Waals surface area contributed by atoms with Gasteiger partial charge in [0.05, 0.1) is 16.9 Å². The second-order valence-corrected chi connectivity index (χ2v) is 8.22. The zero-order chi connectivity index (χ0) is 18.5. The molecule has 0 amide bonds. The summed E-state index contributed by atoms with van der Waals surface area (Å²) in [6.07, 6.45) is 1.27. The standard InChI is InChI=1S/C17H18N4O4S/c1-10-15(11(2)25-20-10)26(23,24)21-9-5-8-14(21)16-18-13-7-4-3-6-12(13)17(22)19-16/h3-4,6-7,14H,5,8-9H2,1-2H3,(H,18,19,22). The summed E-state index contributed by atoms with van der Waals surface area (Å²) in [4.78, 5) is 19.7. The van der Waals surface area contributed by atoms with Crippen LogP contribution in [0.4, 0.5) is 0 Å². The number of aryl methyl sites for hydroxylation is 2. The van der Waals surface area contributed by atoms with Gasteiger partial charge in [-0.3, -0.25) is 4.79 Å². The summed E-state index contributed by atoms with van der Waals surface area (Å²) in [6.45, 7) is 3.53. The number of rotatable bonds is 3. The Morgan fingerprint density at radius 1 is 1.27 bits per heavy atom. The maximum atomic E-state index is 13.2. The van der Waals surface area contributed by atoms with Gasteiger partial charge < -0.3 is 9.51 Å². The van der Waals surface area contributed by atoms with Crippen LogP contribution in [0.5, 0.6) is 0 Å². The molecule has 1 aliphatic heterocycles. The van der Waals surface area contributed by atoms with E-state index in [1.807, 2.05) is 0 Å². The van der Waals surface area contributed by atoms with Gasteiger partial charge >= 0.3 is 0 Å². The van der Waals surface area contributed by atoms with Gasteiger partial charge in [-0.15, -0.1) is 0 Å². The second kappa shape index (κ2) is 6.03. The van der Waals surface area contributed by atoms with E-state index in [1.165, 1.54) is 4.31 Å². The van der Waals surface area contributed by atoms with E-state index < -0.39 is 16.1 Å². The lowest BCUT2D eigenvalue weighted by Crippen LogP contribution is -2.33. The summed E-state index contributed by atoms with van der Waals surface area (Å²) in [6, 6.07) is 6.48. The normalized spacial score (nSPS) is 18.6. The third kappa shape index (κ3) is 2.55. The molecule has 0 saturated carbocycles. The van der Waals surface area contributed by atoms with E-state index in [0.717, 1.165) is 0 Å². The molecule has 8 nitrogen and oxygen atoms in total. The number of sulfonamides is 1. The Bertz CT molecular complexity index is 1130. The van der Waals surface area contributed by atoms with Crippen LogP contribution in [0.1, 0.15) is 36.2 Å². The molecule has 1 aliphatic rings. The molecule has 26 heavy (non-hydrogen) atoms. The maximum absolute atomic E-state index is 13.2. The molecular weight excluding hydrogens is 356 g/mol. The van der Waals surface area contributed by atoms with E-state index in [0.29, 0.717) is 41.8 Å². The minimum Gasteiger partial charge on any atom is -0.360 e. The SMILES string of the molecule is Cc1noc(C)c1S(=O)(=O)N1CCCC1c1nc2ccccc2c(=O)[nH]1. The summed E-state index contributed by atoms with van der Waals surface area (Å²) in [5.74, 6) is 0.620. The molecule has 1 fully saturated rings. The molecule has 1 N–H and O–H groups in total. The molecule has 1 atom stereocenters. The molecule has 1 aromatic carbocycles. The number of nitrogens with zero attached hydrogens (tertiary/aromatic N) is 3. The van der Waals surface area contributed by atoms with Gasteiger partial charge in [0.15, 0.2) is 5.76 Å². The fourth-order valence-electron chi connectivity index (χ4n) is 3.52. The van der Waals surface area contributed by atoms with Gasteiger partial charge in [-0.2, -0.15) is 4.31 Å². The Kier molecular flexibility index (Phi) is 3.92. The number of fused-ring (bicyclic) bond motifs is 1. The lowest BCUT2D eigenvalue weighted by molar-refractivity contribution is 0.377. The predicted molar refractivity (Wildman–Crippen MR) is 94.2 cm³/mol. The van der Waals surface area contributed by atoms with Crippen LogP contribution >= 0.6 is 0 Å². The summed E-state index contributed by atoms with van der Waals surface area (Å²) in [7, 11) is -3.81. The lowest BCUT2D eigenvalue weighted by atomic mass is 10.2. The van der Waals surface area contributed by atoms with E-state index in [-0.39, 0.29) is 16.2 Å². The number of para-hydroxylation sites is 1. The van der Waals surface area contributed by atoms with E-state index >= 15 is 0 Å². The van der Waals surface area contributed by atoms with Gasteiger partial charge in [0.2, 0.25) is 10.0 Å². The highest BCUT2D eigenvalue weighted by Crippen LogP contribution is 2.36. The van der Waals surface area contributed by atoms with Crippen LogP contribution in [0.2, 0.25) is 0 Å². The van der Waals surface area contributed by atoms with Gasteiger partial charge in [0, 0.05) is 6.54 Å². The largest absolute Gasteiger partial charge is 0.360 e. The van der Waals surface area contributed by atoms with Crippen LogP contribution in [-0.4, -0.2) is 34.4 Å². The third-order valence-corrected chi connectivity index (χ3v) is 6.84. The summed E-state index contributed by atoms with van der Waals surface area (Å²) in [5, 5.41) is 4.23. The molecule has 3 heterocycles. The van der Waals surface area contributed by atoms with Crippen molar-refractivity contribution >= 4 is 20.9 Å². The molecule has 0 radical (unpaired) electrons. The van der Waals surface area contributed by atoms with Crippen LogP contribution < -0.4 is 5.56 Å². The molecule has 1 unspecified atom stereocenters. The van der Waals surface area contributed by atoms with Crippen molar-refractivity contribution in [1.82, 2.24) is 19.4 Å². The van der Waals surface area contributed by atoms with E-state index in [9.17, 15) is 13.2 Å². The highest BCUT2D eigenvalue weighted by molar-refractivity contribution is 7.89. The highest BCUT2D eigenvalue weighted by atomic mass is 32.2. The lowest BCUT2D eigenvalue weighted by Gasteiger charge is -2.23. The predicted octanol–water partition coefficient (Wildman–Crippen LogP) is 2.05. The van der Waals surface area contributed by atoms with Gasteiger partial charge in [-0.1, -0.05) is 17.3 Å². The molecule has 2 aromatic heterocycles. The van der Waals surface area contributed by atoms with Crippen LogP contribution in [0.3, 0.4) is 0 Å². The Morgan fingerprint density at radius 3 is 2.77 bits per heavy atom. The number of H-pyrrole nitrogens is 1. The van der Waals surface area contributed by atoms with Crippen molar-refractivity contribution in [3.05, 3.63) is 51.9 Å². The highest BCUT2D eigenvalue weighted by Gasteiger charge is 2.40. The molecule has 4 rings (SSSR count). The number of aromatic amines is 1. The van der Waals surface area contributed by atoms with Crippen molar-refractivity contribution in [2.24, 2.45) is 0 Å². The zero-order valence-electron chi connectivity index (χ0n) is 14.4. The smallest absolute Gasteiger partial charge is 0.258 e. The van der Waals surface area contributed by atoms with Crippen molar-refractivity contribution in [3.63, 3.8) is 0 Å². The van der Waals surface area contributed by atoms with Crippen molar-refractivity contribution in [2.75, 3.05) is 6.54 Å². The third-order valence-electron chi connectivity index (χ3n) is 4.69. The number of hydrogen-bond acceptors (Lipinski definition) is 6. The minimum absolute atomic E-state index is 0.0903. The fourth-order valence-corrected chi connectivity index (χ4v) is 5.48. The van der Waals surface area contributed by atoms with Crippen LogP contribution in [0.25, 0.3) is 10.9 Å². The topological polar surface area (TPSA) is 109 Å². The van der Waals surface area contributed by atoms with Gasteiger partial charge in [-0.05, 0) is 38.8 Å². The molecule has 1 saturated heterocycles. The first-order valence-corrected chi connectivity index (χ1v) is 9.77. The quantitative estimate of drug-likeness (QED) is 0.751. The molecule has 136 valence electrons. The summed E-state index contributed by atoms with van der Waals surface area (Å²) in [5.41, 5.74) is 0.605. The maximum Gasteiger partial charge on any atom is 0.258 e. The van der Waals surface area contributed by atoms with Crippen molar-refractivity contribution in [1.29, 1.82) is 0 Å². The van der Waals surface area contributed by atoms with Gasteiger partial charge in [0.25, 0.3) is 5.56 Å². The average molecular weight is 374 g/mol. The average Bonchev–Trinajstić information content (AvgIpc) is 3.22. The number of nitrogens with one attached hydrogen (secondary N) is 1. The molecule has 0 bridgehead atoms. The van der Waals surface area contributed by atoms with Crippen LogP contribution in [0.15, 0.2) is 38.5 Å². The second-order valence-electron chi connectivity index (χ2n) is 6.40. The fraction of sp³-hybridized carbons (Fsp3) is 0.353. The molecule has 9 heteroatoms. The Hall–Kier alpha value is -2.52. The number of benzene rings is 1. The molecule has 3 aromatic rings. The monoisotopic (exact) mass is 374 g/mol. The van der Waals surface area contributed by atoms with Crippen LogP contribution in [-0.2, 0) is 10.0 Å². The van der Waals surface area contributed by atoms with E-state index in [4.69, 9.17) is 4.52 Å². The van der Waals surface area contributed by atoms with Crippen molar-refractivity contribution in [2.45, 2.75) is 37.6 Å². The Morgan fingerprint density at radius 2 is 2.04 bits per heavy atom. The first-order valence-electron chi connectivity index (χ1n) is 8.33. The van der Waals surface area contributed by atoms with Crippen molar-refractivity contribution in [3.8, 4) is 0 Å². The molecular formula is C17H18N4O4S. The number of aromatic nitrogens is 3. The zero-order valence-corrected chi connectivity index (χ0v) is 15.2. The van der Waals surface area contributed by atoms with Gasteiger partial charge in [0.1, 0.15) is 16.4 Å². The first kappa shape index (κ1) is 16.9. The first-order chi connectivity index (χ1) is 12.4. The molecule has 0 spiro atoms.